The lowest BCUT2D eigenvalue weighted by Crippen LogP contribution is -2.23. The number of ketones is 1. The molecule has 2 nitrogen and oxygen atoms in total. The Bertz CT molecular complexity index is 399. The normalized spacial score (nSPS) is 25.9. The number of rotatable bonds is 1. The van der Waals surface area contributed by atoms with E-state index in [1.54, 1.807) is 0 Å². The maximum atomic E-state index is 12.2. The third-order valence-corrected chi connectivity index (χ3v) is 4.14. The fourth-order valence-electron chi connectivity index (χ4n) is 2.50. The van der Waals surface area contributed by atoms with Gasteiger partial charge in [-0.1, -0.05) is 19.4 Å². The molecule has 1 atom stereocenters. The monoisotopic (exact) mass is 234 g/mol. The van der Waals surface area contributed by atoms with Crippen LogP contribution in [0.3, 0.4) is 0 Å². The van der Waals surface area contributed by atoms with Crippen LogP contribution in [-0.2, 0) is 9.53 Å². The van der Waals surface area contributed by atoms with Crippen molar-refractivity contribution in [1.29, 1.82) is 0 Å². The molecule has 0 amide bonds. The lowest BCUT2D eigenvalue weighted by Gasteiger charge is -2.27. The predicted molar refractivity (Wildman–Crippen MR) is 68.5 cm³/mol. The summed E-state index contributed by atoms with van der Waals surface area (Å²) in [6.45, 7) is 9.24. The first-order valence-corrected chi connectivity index (χ1v) is 6.52. The van der Waals surface area contributed by atoms with Crippen molar-refractivity contribution < 1.29 is 9.53 Å². The maximum absolute atomic E-state index is 12.2. The van der Waals surface area contributed by atoms with Crippen molar-refractivity contribution in [2.45, 2.75) is 47.0 Å². The van der Waals surface area contributed by atoms with Gasteiger partial charge in [-0.2, -0.15) is 0 Å². The largest absolute Gasteiger partial charge is 0.493 e. The Morgan fingerprint density at radius 2 is 1.88 bits per heavy atom. The number of allylic oxidation sites excluding steroid dienone is 3. The van der Waals surface area contributed by atoms with Gasteiger partial charge >= 0.3 is 0 Å². The number of carbonyl (C=O) groups excluding carboxylic acids is 1. The highest BCUT2D eigenvalue weighted by Crippen LogP contribution is 2.36. The fourth-order valence-corrected chi connectivity index (χ4v) is 2.50. The quantitative estimate of drug-likeness (QED) is 0.648. The number of hydrogen-bond acceptors (Lipinski definition) is 2. The van der Waals surface area contributed by atoms with Gasteiger partial charge in [0.05, 0.1) is 0 Å². The molecule has 0 N–H and O–H groups in total. The van der Waals surface area contributed by atoms with Crippen molar-refractivity contribution in [1.82, 2.24) is 0 Å². The van der Waals surface area contributed by atoms with Gasteiger partial charge < -0.3 is 4.74 Å². The van der Waals surface area contributed by atoms with E-state index >= 15 is 0 Å². The van der Waals surface area contributed by atoms with Crippen molar-refractivity contribution in [2.24, 2.45) is 11.8 Å². The first kappa shape index (κ1) is 12.4. The molecule has 0 saturated heterocycles. The molecular weight excluding hydrogens is 212 g/mol. The van der Waals surface area contributed by atoms with Gasteiger partial charge in [0.1, 0.15) is 12.4 Å². The molecule has 94 valence electrons. The van der Waals surface area contributed by atoms with Crippen LogP contribution in [0.5, 0.6) is 0 Å². The summed E-state index contributed by atoms with van der Waals surface area (Å²) in [5.74, 6) is 2.28. The van der Waals surface area contributed by atoms with Crippen LogP contribution in [0.1, 0.15) is 47.0 Å². The summed E-state index contributed by atoms with van der Waals surface area (Å²) in [5, 5.41) is 0. The number of carbonyl (C=O) groups is 1. The average Bonchev–Trinajstić information content (AvgIpc) is 2.41. The van der Waals surface area contributed by atoms with E-state index in [1.807, 2.05) is 0 Å². The second-order valence-corrected chi connectivity index (χ2v) is 5.76. The van der Waals surface area contributed by atoms with E-state index in [0.717, 1.165) is 24.2 Å². The van der Waals surface area contributed by atoms with Crippen molar-refractivity contribution >= 4 is 5.78 Å². The highest BCUT2D eigenvalue weighted by molar-refractivity contribution is 5.97. The van der Waals surface area contributed by atoms with Gasteiger partial charge in [-0.25, -0.2) is 0 Å². The Labute approximate surface area is 104 Å². The molecule has 1 aliphatic heterocycles. The summed E-state index contributed by atoms with van der Waals surface area (Å²) in [6.07, 6.45) is 2.44. The zero-order valence-electron chi connectivity index (χ0n) is 11.3. The average molecular weight is 234 g/mol. The first-order valence-electron chi connectivity index (χ1n) is 6.52. The van der Waals surface area contributed by atoms with Crippen LogP contribution >= 0.6 is 0 Å². The number of Topliss-reactive ketones (excluding diaryl/α,β-unsaturated/α-hetero) is 1. The smallest absolute Gasteiger partial charge is 0.162 e. The van der Waals surface area contributed by atoms with Crippen LogP contribution < -0.4 is 0 Å². The molecule has 0 aromatic rings. The zero-order chi connectivity index (χ0) is 12.6. The summed E-state index contributed by atoms with van der Waals surface area (Å²) in [4.78, 5) is 12.2. The molecular formula is C15H22O2. The Balaban J connectivity index is 2.26. The van der Waals surface area contributed by atoms with Crippen molar-refractivity contribution in [3.05, 3.63) is 22.5 Å². The van der Waals surface area contributed by atoms with Gasteiger partial charge in [0.2, 0.25) is 0 Å². The molecule has 0 radical (unpaired) electrons. The van der Waals surface area contributed by atoms with E-state index in [-0.39, 0.29) is 0 Å². The topological polar surface area (TPSA) is 26.3 Å². The third kappa shape index (κ3) is 2.46. The van der Waals surface area contributed by atoms with E-state index in [0.29, 0.717) is 30.6 Å². The minimum atomic E-state index is 0.305. The Morgan fingerprint density at radius 3 is 2.53 bits per heavy atom. The summed E-state index contributed by atoms with van der Waals surface area (Å²) < 4.78 is 5.84. The maximum Gasteiger partial charge on any atom is 0.162 e. The zero-order valence-corrected chi connectivity index (χ0v) is 11.3. The standard InChI is InChI=1S/C15H22O2/c1-9(2)12-6-14(16)13-5-10(3)11(4)8-17-15(13)7-12/h9,12H,5-8H2,1-4H3. The molecule has 0 aromatic carbocycles. The summed E-state index contributed by atoms with van der Waals surface area (Å²) in [5.41, 5.74) is 3.51. The lowest BCUT2D eigenvalue weighted by atomic mass is 9.79. The summed E-state index contributed by atoms with van der Waals surface area (Å²) >= 11 is 0. The van der Waals surface area contributed by atoms with Crippen LogP contribution in [0.15, 0.2) is 22.5 Å². The van der Waals surface area contributed by atoms with Gasteiger partial charge in [0, 0.05) is 24.8 Å². The molecule has 0 saturated carbocycles. The minimum Gasteiger partial charge on any atom is -0.493 e. The third-order valence-electron chi connectivity index (χ3n) is 4.14. The summed E-state index contributed by atoms with van der Waals surface area (Å²) in [6, 6.07) is 0. The van der Waals surface area contributed by atoms with Gasteiger partial charge in [-0.05, 0) is 31.3 Å². The number of hydrogen-bond donors (Lipinski definition) is 0. The van der Waals surface area contributed by atoms with E-state index in [2.05, 4.69) is 27.7 Å². The first-order chi connectivity index (χ1) is 7.99. The predicted octanol–water partition coefficient (Wildman–Crippen LogP) is 3.63. The van der Waals surface area contributed by atoms with E-state index in [9.17, 15) is 4.79 Å². The van der Waals surface area contributed by atoms with Gasteiger partial charge in [-0.3, -0.25) is 4.79 Å². The molecule has 2 aliphatic rings. The van der Waals surface area contributed by atoms with Crippen LogP contribution in [-0.4, -0.2) is 12.4 Å². The van der Waals surface area contributed by atoms with Crippen LogP contribution in [0.4, 0.5) is 0 Å². The highest BCUT2D eigenvalue weighted by Gasteiger charge is 2.31. The minimum absolute atomic E-state index is 0.305. The molecule has 1 aliphatic carbocycles. The van der Waals surface area contributed by atoms with Gasteiger partial charge in [0.15, 0.2) is 5.78 Å². The molecule has 1 heterocycles. The second-order valence-electron chi connectivity index (χ2n) is 5.76. The molecule has 0 spiro atoms. The molecule has 2 heteroatoms. The van der Waals surface area contributed by atoms with E-state index in [4.69, 9.17) is 4.74 Å². The van der Waals surface area contributed by atoms with Gasteiger partial charge in [0.25, 0.3) is 0 Å². The van der Waals surface area contributed by atoms with Crippen LogP contribution in [0.25, 0.3) is 0 Å². The molecule has 0 bridgehead atoms. The summed E-state index contributed by atoms with van der Waals surface area (Å²) in [7, 11) is 0. The van der Waals surface area contributed by atoms with Crippen molar-refractivity contribution in [3.8, 4) is 0 Å². The molecule has 17 heavy (non-hydrogen) atoms. The fraction of sp³-hybridized carbons (Fsp3) is 0.667. The van der Waals surface area contributed by atoms with Crippen LogP contribution in [0, 0.1) is 11.8 Å². The Morgan fingerprint density at radius 1 is 1.18 bits per heavy atom. The Kier molecular flexibility index (Phi) is 3.41. The molecule has 2 rings (SSSR count). The van der Waals surface area contributed by atoms with E-state index in [1.165, 1.54) is 11.1 Å². The van der Waals surface area contributed by atoms with E-state index < -0.39 is 0 Å². The van der Waals surface area contributed by atoms with Crippen molar-refractivity contribution in [3.63, 3.8) is 0 Å². The highest BCUT2D eigenvalue weighted by atomic mass is 16.5. The van der Waals surface area contributed by atoms with Crippen molar-refractivity contribution in [2.75, 3.05) is 6.61 Å². The molecule has 0 aromatic heterocycles. The molecule has 1 unspecified atom stereocenters. The lowest BCUT2D eigenvalue weighted by molar-refractivity contribution is -0.117. The Hall–Kier alpha value is -1.05. The van der Waals surface area contributed by atoms with Crippen LogP contribution in [0.2, 0.25) is 0 Å². The van der Waals surface area contributed by atoms with Gasteiger partial charge in [-0.15, -0.1) is 0 Å². The number of ether oxygens (including phenoxy) is 1. The second kappa shape index (κ2) is 4.67. The molecule has 0 fully saturated rings. The SMILES string of the molecule is CC1=C(C)CC2=C(CC(C(C)C)CC2=O)OC1.